The molecule has 0 fully saturated rings. The molecule has 0 spiro atoms. The van der Waals surface area contributed by atoms with Crippen molar-refractivity contribution in [3.05, 3.63) is 51.3 Å². The Bertz CT molecular complexity index is 496. The predicted octanol–water partition coefficient (Wildman–Crippen LogP) is 4.62. The maximum Gasteiger partial charge on any atom is 0.169 e. The minimum absolute atomic E-state index is 0.661. The van der Waals surface area contributed by atoms with Crippen molar-refractivity contribution in [2.75, 3.05) is 5.32 Å². The lowest BCUT2D eigenvalue weighted by Gasteiger charge is -2.08. The quantitative estimate of drug-likeness (QED) is 0.895. The molecular weight excluding hydrogens is 289 g/mol. The summed E-state index contributed by atoms with van der Waals surface area (Å²) in [5.41, 5.74) is 2.19. The highest BCUT2D eigenvalue weighted by Gasteiger charge is 2.01. The van der Waals surface area contributed by atoms with Gasteiger partial charge in [0.15, 0.2) is 4.67 Å². The normalized spacial score (nSPS) is 10.4. The molecule has 84 valence electrons. The van der Waals surface area contributed by atoms with Crippen molar-refractivity contribution < 1.29 is 4.42 Å². The molecule has 0 aliphatic rings. The van der Waals surface area contributed by atoms with Crippen molar-refractivity contribution in [3.63, 3.8) is 0 Å². The van der Waals surface area contributed by atoms with Gasteiger partial charge in [-0.2, -0.15) is 0 Å². The van der Waals surface area contributed by atoms with E-state index in [0.29, 0.717) is 6.54 Å². The van der Waals surface area contributed by atoms with Crippen LogP contribution in [0.5, 0.6) is 0 Å². The molecule has 1 N–H and O–H groups in total. The Morgan fingerprint density at radius 3 is 2.75 bits per heavy atom. The summed E-state index contributed by atoms with van der Waals surface area (Å²) in [7, 11) is 0. The van der Waals surface area contributed by atoms with E-state index in [1.54, 1.807) is 0 Å². The molecule has 0 bridgehead atoms. The Hall–Kier alpha value is -0.930. The third kappa shape index (κ3) is 2.80. The van der Waals surface area contributed by atoms with Crippen LogP contribution in [-0.4, -0.2) is 0 Å². The first kappa shape index (κ1) is 11.6. The minimum atomic E-state index is 0.661. The van der Waals surface area contributed by atoms with Gasteiger partial charge < -0.3 is 9.73 Å². The predicted molar refractivity (Wildman–Crippen MR) is 69.9 cm³/mol. The highest BCUT2D eigenvalue weighted by molar-refractivity contribution is 9.10. The molecule has 1 heterocycles. The van der Waals surface area contributed by atoms with Gasteiger partial charge in [-0.05, 0) is 58.7 Å². The molecule has 1 aromatic carbocycles. The number of halogens is 2. The molecule has 0 atom stereocenters. The van der Waals surface area contributed by atoms with Crippen molar-refractivity contribution in [1.82, 2.24) is 0 Å². The number of nitrogens with one attached hydrogen (secondary N) is 1. The molecule has 0 saturated carbocycles. The number of benzene rings is 1. The number of hydrogen-bond acceptors (Lipinski definition) is 2. The topological polar surface area (TPSA) is 25.2 Å². The SMILES string of the molecule is Cc1cc(Cl)ccc1NCc1ccc(Br)o1. The minimum Gasteiger partial charge on any atom is -0.452 e. The molecule has 1 aromatic heterocycles. The second-order valence-electron chi connectivity index (χ2n) is 3.52. The largest absolute Gasteiger partial charge is 0.452 e. The fourth-order valence-corrected chi connectivity index (χ4v) is 2.02. The lowest BCUT2D eigenvalue weighted by molar-refractivity contribution is 0.495. The maximum atomic E-state index is 5.88. The summed E-state index contributed by atoms with van der Waals surface area (Å²) >= 11 is 9.16. The Balaban J connectivity index is 2.04. The average molecular weight is 301 g/mol. The standard InChI is InChI=1S/C12H11BrClNO/c1-8-6-9(14)2-4-11(8)15-7-10-3-5-12(13)16-10/h2-6,15H,7H2,1H3. The molecule has 0 aliphatic carbocycles. The summed E-state index contributed by atoms with van der Waals surface area (Å²) in [4.78, 5) is 0. The van der Waals surface area contributed by atoms with E-state index < -0.39 is 0 Å². The monoisotopic (exact) mass is 299 g/mol. The number of aryl methyl sites for hydroxylation is 1. The lowest BCUT2D eigenvalue weighted by Crippen LogP contribution is -1.99. The number of hydrogen-bond donors (Lipinski definition) is 1. The Morgan fingerprint density at radius 1 is 1.31 bits per heavy atom. The van der Waals surface area contributed by atoms with Crippen molar-refractivity contribution in [2.24, 2.45) is 0 Å². The van der Waals surface area contributed by atoms with Gasteiger partial charge in [-0.1, -0.05) is 11.6 Å². The summed E-state index contributed by atoms with van der Waals surface area (Å²) in [6.45, 7) is 2.68. The molecule has 16 heavy (non-hydrogen) atoms. The molecule has 0 amide bonds. The lowest BCUT2D eigenvalue weighted by atomic mass is 10.2. The van der Waals surface area contributed by atoms with E-state index in [0.717, 1.165) is 26.7 Å². The Labute approximate surface area is 108 Å². The maximum absolute atomic E-state index is 5.88. The van der Waals surface area contributed by atoms with Crippen molar-refractivity contribution in [3.8, 4) is 0 Å². The van der Waals surface area contributed by atoms with E-state index >= 15 is 0 Å². The van der Waals surface area contributed by atoms with Crippen molar-refractivity contribution >= 4 is 33.2 Å². The second kappa shape index (κ2) is 4.93. The van der Waals surface area contributed by atoms with Gasteiger partial charge in [0.05, 0.1) is 6.54 Å². The third-order valence-electron chi connectivity index (χ3n) is 2.27. The number of furan rings is 1. The molecule has 2 rings (SSSR count). The summed E-state index contributed by atoms with van der Waals surface area (Å²) in [5, 5.41) is 4.05. The molecule has 0 radical (unpaired) electrons. The first-order valence-corrected chi connectivity index (χ1v) is 6.06. The zero-order valence-corrected chi connectivity index (χ0v) is 11.1. The number of anilines is 1. The van der Waals surface area contributed by atoms with Gasteiger partial charge in [0.2, 0.25) is 0 Å². The molecule has 2 aromatic rings. The molecule has 4 heteroatoms. The summed E-state index contributed by atoms with van der Waals surface area (Å²) in [5.74, 6) is 0.890. The van der Waals surface area contributed by atoms with E-state index in [9.17, 15) is 0 Å². The fourth-order valence-electron chi connectivity index (χ4n) is 1.45. The van der Waals surface area contributed by atoms with Crippen LogP contribution < -0.4 is 5.32 Å². The van der Waals surface area contributed by atoms with Crippen LogP contribution in [0.2, 0.25) is 5.02 Å². The van der Waals surface area contributed by atoms with Crippen LogP contribution in [0.25, 0.3) is 0 Å². The molecule has 0 unspecified atom stereocenters. The van der Waals surface area contributed by atoms with Gasteiger partial charge in [0, 0.05) is 10.7 Å². The van der Waals surface area contributed by atoms with Crippen LogP contribution in [0.15, 0.2) is 39.4 Å². The van der Waals surface area contributed by atoms with Crippen molar-refractivity contribution in [2.45, 2.75) is 13.5 Å². The highest BCUT2D eigenvalue weighted by atomic mass is 79.9. The van der Waals surface area contributed by atoms with Crippen LogP contribution in [0.1, 0.15) is 11.3 Å². The summed E-state index contributed by atoms with van der Waals surface area (Å²) in [6, 6.07) is 9.58. The van der Waals surface area contributed by atoms with E-state index in [1.807, 2.05) is 37.3 Å². The van der Waals surface area contributed by atoms with E-state index in [4.69, 9.17) is 16.0 Å². The zero-order chi connectivity index (χ0) is 11.5. The Kier molecular flexibility index (Phi) is 3.56. The van der Waals surface area contributed by atoms with Gasteiger partial charge in [-0.25, -0.2) is 0 Å². The van der Waals surface area contributed by atoms with E-state index in [1.165, 1.54) is 0 Å². The van der Waals surface area contributed by atoms with Crippen LogP contribution >= 0.6 is 27.5 Å². The van der Waals surface area contributed by atoms with E-state index in [2.05, 4.69) is 21.2 Å². The first-order valence-electron chi connectivity index (χ1n) is 4.89. The second-order valence-corrected chi connectivity index (χ2v) is 4.74. The summed E-state index contributed by atoms with van der Waals surface area (Å²) in [6.07, 6.45) is 0. The zero-order valence-electron chi connectivity index (χ0n) is 8.76. The highest BCUT2D eigenvalue weighted by Crippen LogP contribution is 2.21. The first-order chi connectivity index (χ1) is 7.65. The van der Waals surface area contributed by atoms with Gasteiger partial charge >= 0.3 is 0 Å². The van der Waals surface area contributed by atoms with E-state index in [-0.39, 0.29) is 0 Å². The number of rotatable bonds is 3. The van der Waals surface area contributed by atoms with Gasteiger partial charge in [-0.15, -0.1) is 0 Å². The van der Waals surface area contributed by atoms with Crippen LogP contribution in [0.3, 0.4) is 0 Å². The Morgan fingerprint density at radius 2 is 2.12 bits per heavy atom. The molecule has 2 nitrogen and oxygen atoms in total. The van der Waals surface area contributed by atoms with Crippen LogP contribution in [0, 0.1) is 6.92 Å². The smallest absolute Gasteiger partial charge is 0.169 e. The fraction of sp³-hybridized carbons (Fsp3) is 0.167. The van der Waals surface area contributed by atoms with Crippen LogP contribution in [0.4, 0.5) is 5.69 Å². The molecular formula is C12H11BrClNO. The van der Waals surface area contributed by atoms with Gasteiger partial charge in [0.1, 0.15) is 5.76 Å². The molecule has 0 saturated heterocycles. The third-order valence-corrected chi connectivity index (χ3v) is 2.93. The van der Waals surface area contributed by atoms with Gasteiger partial charge in [0.25, 0.3) is 0 Å². The van der Waals surface area contributed by atoms with Crippen molar-refractivity contribution in [1.29, 1.82) is 0 Å². The van der Waals surface area contributed by atoms with Gasteiger partial charge in [-0.3, -0.25) is 0 Å². The molecule has 0 aliphatic heterocycles. The average Bonchev–Trinajstić information content (AvgIpc) is 2.63. The summed E-state index contributed by atoms with van der Waals surface area (Å²) < 4.78 is 6.14. The van der Waals surface area contributed by atoms with Crippen LogP contribution in [-0.2, 0) is 6.54 Å².